The molecule has 1 aliphatic rings. The van der Waals surface area contributed by atoms with Crippen molar-refractivity contribution in [3.63, 3.8) is 0 Å². The molecule has 2 N–H and O–H groups in total. The van der Waals surface area contributed by atoms with Crippen molar-refractivity contribution >= 4 is 11.0 Å². The van der Waals surface area contributed by atoms with Crippen LogP contribution in [0.1, 0.15) is 31.1 Å². The average Bonchev–Trinajstić information content (AvgIpc) is 2.77. The highest BCUT2D eigenvalue weighted by atomic mass is 16.3. The Labute approximate surface area is 120 Å². The molecular weight excluding hydrogens is 248 g/mol. The van der Waals surface area contributed by atoms with Gasteiger partial charge in [-0.3, -0.25) is 4.90 Å². The molecule has 0 saturated carbocycles. The fraction of sp³-hybridized carbons (Fsp3) is 0.529. The molecule has 0 amide bonds. The van der Waals surface area contributed by atoms with Gasteiger partial charge in [0.2, 0.25) is 0 Å². The summed E-state index contributed by atoms with van der Waals surface area (Å²) in [4.78, 5) is 2.53. The third-order valence-electron chi connectivity index (χ3n) is 4.63. The molecule has 0 aliphatic carbocycles. The summed E-state index contributed by atoms with van der Waals surface area (Å²) in [6, 6.07) is 8.82. The van der Waals surface area contributed by atoms with E-state index in [4.69, 9.17) is 10.2 Å². The molecular formula is C17H24N2O. The second kappa shape index (κ2) is 5.58. The minimum Gasteiger partial charge on any atom is -0.461 e. The van der Waals surface area contributed by atoms with Crippen molar-refractivity contribution in [2.24, 2.45) is 11.7 Å². The summed E-state index contributed by atoms with van der Waals surface area (Å²) in [5.41, 5.74) is 8.29. The standard InChI is InChI=1S/C17H24N2O/c1-12-7-8-19(14(9-12)10-18)11-16-13(2)20-17-6-4-3-5-15(16)17/h3-6,12,14H,7-11,18H2,1-2H3. The van der Waals surface area contributed by atoms with Gasteiger partial charge in [-0.1, -0.05) is 25.1 Å². The molecule has 2 heterocycles. The lowest BCUT2D eigenvalue weighted by Gasteiger charge is -2.37. The molecule has 3 nitrogen and oxygen atoms in total. The van der Waals surface area contributed by atoms with Gasteiger partial charge < -0.3 is 10.2 Å². The quantitative estimate of drug-likeness (QED) is 0.932. The molecule has 1 aromatic heterocycles. The minimum absolute atomic E-state index is 0.506. The van der Waals surface area contributed by atoms with Crippen LogP contribution in [0.25, 0.3) is 11.0 Å². The number of nitrogens with two attached hydrogens (primary N) is 1. The maximum absolute atomic E-state index is 5.97. The molecule has 3 heteroatoms. The van der Waals surface area contributed by atoms with Gasteiger partial charge in [0.15, 0.2) is 0 Å². The first-order valence-electron chi connectivity index (χ1n) is 7.60. The van der Waals surface area contributed by atoms with Crippen LogP contribution in [-0.4, -0.2) is 24.0 Å². The highest BCUT2D eigenvalue weighted by Crippen LogP contribution is 2.29. The predicted molar refractivity (Wildman–Crippen MR) is 82.6 cm³/mol. The van der Waals surface area contributed by atoms with Gasteiger partial charge in [-0.2, -0.15) is 0 Å². The van der Waals surface area contributed by atoms with Crippen molar-refractivity contribution in [3.8, 4) is 0 Å². The second-order valence-corrected chi connectivity index (χ2v) is 6.12. The Kier molecular flexibility index (Phi) is 3.81. The zero-order chi connectivity index (χ0) is 14.1. The van der Waals surface area contributed by atoms with Crippen molar-refractivity contribution in [2.45, 2.75) is 39.3 Å². The van der Waals surface area contributed by atoms with E-state index in [0.717, 1.165) is 36.9 Å². The lowest BCUT2D eigenvalue weighted by atomic mass is 9.92. The van der Waals surface area contributed by atoms with Crippen LogP contribution in [0.15, 0.2) is 28.7 Å². The van der Waals surface area contributed by atoms with E-state index in [0.29, 0.717) is 6.04 Å². The Bertz CT molecular complexity index is 590. The Hall–Kier alpha value is -1.32. The van der Waals surface area contributed by atoms with Crippen LogP contribution in [0, 0.1) is 12.8 Å². The summed E-state index contributed by atoms with van der Waals surface area (Å²) in [7, 11) is 0. The number of fused-ring (bicyclic) bond motifs is 1. The fourth-order valence-corrected chi connectivity index (χ4v) is 3.37. The number of benzene rings is 1. The molecule has 2 atom stereocenters. The highest BCUT2D eigenvalue weighted by molar-refractivity contribution is 5.82. The SMILES string of the molecule is Cc1oc2ccccc2c1CN1CCC(C)CC1CN. The molecule has 2 aromatic rings. The summed E-state index contributed by atoms with van der Waals surface area (Å²) in [5, 5.41) is 1.25. The summed E-state index contributed by atoms with van der Waals surface area (Å²) >= 11 is 0. The van der Waals surface area contributed by atoms with E-state index in [1.165, 1.54) is 23.8 Å². The number of furan rings is 1. The maximum Gasteiger partial charge on any atom is 0.134 e. The molecule has 1 fully saturated rings. The number of hydrogen-bond donors (Lipinski definition) is 1. The zero-order valence-corrected chi connectivity index (χ0v) is 12.4. The Balaban J connectivity index is 1.87. The Morgan fingerprint density at radius 3 is 2.95 bits per heavy atom. The first-order chi connectivity index (χ1) is 9.69. The van der Waals surface area contributed by atoms with Crippen molar-refractivity contribution in [1.82, 2.24) is 4.90 Å². The number of hydrogen-bond acceptors (Lipinski definition) is 3. The number of nitrogens with zero attached hydrogens (tertiary/aromatic N) is 1. The summed E-state index contributed by atoms with van der Waals surface area (Å²) < 4.78 is 5.87. The largest absolute Gasteiger partial charge is 0.461 e. The van der Waals surface area contributed by atoms with E-state index in [9.17, 15) is 0 Å². The van der Waals surface area contributed by atoms with Crippen molar-refractivity contribution in [3.05, 3.63) is 35.6 Å². The van der Waals surface area contributed by atoms with Crippen LogP contribution >= 0.6 is 0 Å². The van der Waals surface area contributed by atoms with Gasteiger partial charge in [0.1, 0.15) is 11.3 Å². The Morgan fingerprint density at radius 1 is 1.35 bits per heavy atom. The fourth-order valence-electron chi connectivity index (χ4n) is 3.37. The van der Waals surface area contributed by atoms with E-state index >= 15 is 0 Å². The van der Waals surface area contributed by atoms with Gasteiger partial charge >= 0.3 is 0 Å². The summed E-state index contributed by atoms with van der Waals surface area (Å²) in [6.07, 6.45) is 2.48. The first kappa shape index (κ1) is 13.7. The van der Waals surface area contributed by atoms with E-state index in [-0.39, 0.29) is 0 Å². The normalized spacial score (nSPS) is 24.4. The number of aryl methyl sites for hydroxylation is 1. The molecule has 1 aromatic carbocycles. The summed E-state index contributed by atoms with van der Waals surface area (Å²) in [6.45, 7) is 7.25. The Morgan fingerprint density at radius 2 is 2.15 bits per heavy atom. The lowest BCUT2D eigenvalue weighted by molar-refractivity contribution is 0.115. The topological polar surface area (TPSA) is 42.4 Å². The van der Waals surface area contributed by atoms with Crippen molar-refractivity contribution in [2.75, 3.05) is 13.1 Å². The third-order valence-corrected chi connectivity index (χ3v) is 4.63. The zero-order valence-electron chi connectivity index (χ0n) is 12.4. The molecule has 1 saturated heterocycles. The van der Waals surface area contributed by atoms with Crippen LogP contribution in [0.3, 0.4) is 0 Å². The van der Waals surface area contributed by atoms with Crippen molar-refractivity contribution < 1.29 is 4.42 Å². The molecule has 1 aliphatic heterocycles. The molecule has 2 unspecified atom stereocenters. The molecule has 3 rings (SSSR count). The van der Waals surface area contributed by atoms with Gasteiger partial charge in [-0.15, -0.1) is 0 Å². The molecule has 0 radical (unpaired) electrons. The van der Waals surface area contributed by atoms with Crippen LogP contribution in [-0.2, 0) is 6.54 Å². The molecule has 0 bridgehead atoms. The number of piperidine rings is 1. The lowest BCUT2D eigenvalue weighted by Crippen LogP contribution is -2.45. The molecule has 0 spiro atoms. The smallest absolute Gasteiger partial charge is 0.134 e. The van der Waals surface area contributed by atoms with Crippen LogP contribution in [0.4, 0.5) is 0 Å². The predicted octanol–water partition coefficient (Wildman–Crippen LogP) is 3.30. The number of para-hydroxylation sites is 1. The maximum atomic E-state index is 5.97. The van der Waals surface area contributed by atoms with Crippen LogP contribution < -0.4 is 5.73 Å². The van der Waals surface area contributed by atoms with Gasteiger partial charge in [-0.05, 0) is 38.3 Å². The first-order valence-corrected chi connectivity index (χ1v) is 7.60. The van der Waals surface area contributed by atoms with E-state index in [1.807, 2.05) is 12.1 Å². The minimum atomic E-state index is 0.506. The van der Waals surface area contributed by atoms with Gasteiger partial charge in [-0.25, -0.2) is 0 Å². The van der Waals surface area contributed by atoms with Gasteiger partial charge in [0.25, 0.3) is 0 Å². The van der Waals surface area contributed by atoms with Crippen LogP contribution in [0.2, 0.25) is 0 Å². The van der Waals surface area contributed by atoms with E-state index in [1.54, 1.807) is 0 Å². The molecule has 108 valence electrons. The average molecular weight is 272 g/mol. The molecule has 20 heavy (non-hydrogen) atoms. The highest BCUT2D eigenvalue weighted by Gasteiger charge is 2.26. The number of likely N-dealkylation sites (tertiary alicyclic amines) is 1. The van der Waals surface area contributed by atoms with E-state index in [2.05, 4.69) is 30.9 Å². The second-order valence-electron chi connectivity index (χ2n) is 6.12. The third kappa shape index (κ3) is 2.48. The van der Waals surface area contributed by atoms with E-state index < -0.39 is 0 Å². The summed E-state index contributed by atoms with van der Waals surface area (Å²) in [5.74, 6) is 1.84. The monoisotopic (exact) mass is 272 g/mol. The van der Waals surface area contributed by atoms with Gasteiger partial charge in [0.05, 0.1) is 0 Å². The van der Waals surface area contributed by atoms with Crippen molar-refractivity contribution in [1.29, 1.82) is 0 Å². The van der Waals surface area contributed by atoms with Crippen LogP contribution in [0.5, 0.6) is 0 Å². The number of rotatable bonds is 3. The van der Waals surface area contributed by atoms with Gasteiger partial charge in [0, 0.05) is 30.1 Å².